The number of likely N-dealkylation sites (tertiary alicyclic amines) is 1. The van der Waals surface area contributed by atoms with E-state index in [1.54, 1.807) is 43.5 Å². The first-order valence-corrected chi connectivity index (χ1v) is 13.8. The number of amides is 1. The fourth-order valence-corrected chi connectivity index (χ4v) is 5.69. The van der Waals surface area contributed by atoms with Crippen LogP contribution in [0.1, 0.15) is 35.0 Å². The number of piperidine rings is 1. The Balaban J connectivity index is 0.00000420. The van der Waals surface area contributed by atoms with Gasteiger partial charge in [-0.15, -0.1) is 10.2 Å². The molecule has 0 unspecified atom stereocenters. The molecule has 4 rings (SSSR count). The van der Waals surface area contributed by atoms with E-state index in [1.807, 2.05) is 30.3 Å². The summed E-state index contributed by atoms with van der Waals surface area (Å²) in [6.45, 7) is 5.74. The maximum absolute atomic E-state index is 13.6. The number of ether oxygens (including phenoxy) is 3. The molecule has 0 spiro atoms. The summed E-state index contributed by atoms with van der Waals surface area (Å²) < 4.78 is 48.1. The Morgan fingerprint density at radius 2 is 1.68 bits per heavy atom. The van der Waals surface area contributed by atoms with E-state index in [0.29, 0.717) is 48.0 Å². The maximum atomic E-state index is 13.6. The molecular formula is C26H35N5O6S. The second-order valence-electron chi connectivity index (χ2n) is 9.90. The lowest BCUT2D eigenvalue weighted by atomic mass is 10.1. The number of aromatic nitrogens is 3. The average molecular weight is 546 g/mol. The number of hydrogen-bond donors (Lipinski definition) is 1. The number of carbonyl (C=O) groups is 1. The van der Waals surface area contributed by atoms with Crippen molar-refractivity contribution >= 4 is 22.1 Å². The lowest BCUT2D eigenvalue weighted by Crippen LogP contribution is -2.48. The summed E-state index contributed by atoms with van der Waals surface area (Å²) in [5.41, 5.74) is 0.476. The van der Waals surface area contributed by atoms with Gasteiger partial charge in [0.25, 0.3) is 0 Å². The van der Waals surface area contributed by atoms with E-state index >= 15 is 0 Å². The van der Waals surface area contributed by atoms with Gasteiger partial charge in [0.15, 0.2) is 5.82 Å². The molecule has 12 heteroatoms. The number of hydrogen-bond acceptors (Lipinski definition) is 8. The Labute approximate surface area is 224 Å². The van der Waals surface area contributed by atoms with Crippen molar-refractivity contribution in [2.45, 2.75) is 44.5 Å². The van der Waals surface area contributed by atoms with Crippen LogP contribution < -0.4 is 14.2 Å². The maximum Gasteiger partial charge on any atom is 0.410 e. The normalized spacial score (nSPS) is 16.1. The van der Waals surface area contributed by atoms with Crippen LogP contribution in [0.2, 0.25) is 0 Å². The zero-order valence-electron chi connectivity index (χ0n) is 22.2. The summed E-state index contributed by atoms with van der Waals surface area (Å²) >= 11 is 0. The van der Waals surface area contributed by atoms with Crippen molar-refractivity contribution in [1.29, 1.82) is 0 Å². The lowest BCUT2D eigenvalue weighted by molar-refractivity contribution is 0.0219. The minimum atomic E-state index is -3.99. The molecule has 0 radical (unpaired) electrons. The Morgan fingerprint density at radius 3 is 2.29 bits per heavy atom. The lowest BCUT2D eigenvalue weighted by Gasteiger charge is -2.33. The van der Waals surface area contributed by atoms with E-state index in [-0.39, 0.29) is 13.9 Å². The van der Waals surface area contributed by atoms with Gasteiger partial charge in [-0.2, -0.15) is 0 Å². The molecule has 1 aliphatic rings. The zero-order chi connectivity index (χ0) is 27.5. The molecule has 3 aromatic rings. The van der Waals surface area contributed by atoms with Gasteiger partial charge in [0.05, 0.1) is 19.5 Å². The first kappa shape index (κ1) is 27.2. The molecule has 1 aliphatic heterocycles. The molecule has 0 bridgehead atoms. The molecule has 11 nitrogen and oxygen atoms in total. The zero-order valence-corrected chi connectivity index (χ0v) is 23.0. The van der Waals surface area contributed by atoms with Crippen molar-refractivity contribution in [3.8, 4) is 28.6 Å². The summed E-state index contributed by atoms with van der Waals surface area (Å²) in [4.78, 5) is 14.1. The quantitative estimate of drug-likeness (QED) is 0.465. The number of para-hydroxylation sites is 1. The monoisotopic (exact) mass is 545 g/mol. The van der Waals surface area contributed by atoms with Crippen molar-refractivity contribution in [2.75, 3.05) is 32.0 Å². The number of anilines is 1. The third-order valence-corrected chi connectivity index (χ3v) is 7.75. The predicted octanol–water partition coefficient (Wildman–Crippen LogP) is 4.34. The second-order valence-corrected chi connectivity index (χ2v) is 11.9. The third-order valence-electron chi connectivity index (χ3n) is 6.02. The number of methoxy groups -OCH3 is 2. The molecule has 1 aromatic heterocycles. The number of nitrogens with zero attached hydrogens (tertiary/aromatic N) is 4. The summed E-state index contributed by atoms with van der Waals surface area (Å²) in [5.74, 6) is 1.25. The number of sulfonamides is 1. The van der Waals surface area contributed by atoms with Gasteiger partial charge in [0, 0.05) is 20.1 Å². The fourth-order valence-electron chi connectivity index (χ4n) is 4.28. The van der Waals surface area contributed by atoms with Gasteiger partial charge in [-0.1, -0.05) is 36.4 Å². The van der Waals surface area contributed by atoms with Crippen molar-refractivity contribution in [3.63, 3.8) is 0 Å². The fraction of sp³-hybridized carbons (Fsp3) is 0.423. The second kappa shape index (κ2) is 10.9. The molecule has 1 fully saturated rings. The van der Waals surface area contributed by atoms with Crippen LogP contribution in [-0.2, 0) is 14.8 Å². The van der Waals surface area contributed by atoms with Crippen LogP contribution in [0.25, 0.3) is 17.1 Å². The first-order chi connectivity index (χ1) is 18.0. The van der Waals surface area contributed by atoms with Gasteiger partial charge in [-0.3, -0.25) is 9.29 Å². The van der Waals surface area contributed by atoms with Crippen molar-refractivity contribution in [3.05, 3.63) is 48.5 Å². The number of carbonyl (C=O) groups excluding carboxylic acids is 1. The Bertz CT molecular complexity index is 1370. The van der Waals surface area contributed by atoms with Gasteiger partial charge in [0.1, 0.15) is 22.8 Å². The van der Waals surface area contributed by atoms with Crippen LogP contribution in [0.5, 0.6) is 11.5 Å². The van der Waals surface area contributed by atoms with Crippen molar-refractivity contribution in [2.24, 2.45) is 0 Å². The molecule has 1 amide bonds. The smallest absolute Gasteiger partial charge is 0.410 e. The van der Waals surface area contributed by atoms with Gasteiger partial charge in [0.2, 0.25) is 16.0 Å². The Morgan fingerprint density at radius 1 is 1.03 bits per heavy atom. The van der Waals surface area contributed by atoms with Crippen molar-refractivity contribution < 1.29 is 28.8 Å². The van der Waals surface area contributed by atoms with Gasteiger partial charge in [-0.25, -0.2) is 13.2 Å². The average Bonchev–Trinajstić information content (AvgIpc) is 3.29. The minimum Gasteiger partial charge on any atom is -0.494 e. The summed E-state index contributed by atoms with van der Waals surface area (Å²) in [6.07, 6.45) is 0.366. The highest BCUT2D eigenvalue weighted by Crippen LogP contribution is 2.38. The summed E-state index contributed by atoms with van der Waals surface area (Å²) in [6, 6.07) is 14.5. The number of benzene rings is 2. The van der Waals surface area contributed by atoms with Gasteiger partial charge < -0.3 is 19.1 Å². The molecule has 2 heterocycles. The van der Waals surface area contributed by atoms with Crippen LogP contribution in [0.15, 0.2) is 48.5 Å². The molecule has 0 aliphatic carbocycles. The van der Waals surface area contributed by atoms with Crippen LogP contribution >= 0.6 is 0 Å². The Hall–Kier alpha value is -3.80. The first-order valence-electron chi connectivity index (χ1n) is 12.3. The molecular weight excluding hydrogens is 510 g/mol. The predicted molar refractivity (Wildman–Crippen MR) is 145 cm³/mol. The SMILES string of the molecule is COc1cccc(OC)c1-n1c(NS(=O)(=O)[C@@H]2CCCN(C(=O)OC(C)(C)C)C2)nnc1-c1ccccc1.[HH]. The standard InChI is InChI=1S/C26H33N5O6S.H2/c1-26(2,3)37-25(32)30-16-10-13-19(17-30)38(33,34)29-24-28-27-23(18-11-7-6-8-12-18)31(24)22-20(35-4)14-9-15-21(22)36-5;/h6-9,11-12,14-15,19H,10,13,16-17H2,1-5H3,(H,28,29);1H/t19-;/m1./s1. The largest absolute Gasteiger partial charge is 0.494 e. The van der Waals surface area contributed by atoms with E-state index in [0.717, 1.165) is 0 Å². The van der Waals surface area contributed by atoms with Crippen LogP contribution in [0, 0.1) is 0 Å². The molecule has 1 saturated heterocycles. The van der Waals surface area contributed by atoms with E-state index in [2.05, 4.69) is 14.9 Å². The van der Waals surface area contributed by atoms with E-state index in [9.17, 15) is 13.2 Å². The number of rotatable bonds is 7. The highest BCUT2D eigenvalue weighted by atomic mass is 32.2. The highest BCUT2D eigenvalue weighted by molar-refractivity contribution is 7.93. The molecule has 0 saturated carbocycles. The minimum absolute atomic E-state index is 0. The van der Waals surface area contributed by atoms with E-state index in [4.69, 9.17) is 14.2 Å². The summed E-state index contributed by atoms with van der Waals surface area (Å²) in [5, 5.41) is 7.66. The van der Waals surface area contributed by atoms with E-state index in [1.165, 1.54) is 19.1 Å². The van der Waals surface area contributed by atoms with Crippen LogP contribution in [0.4, 0.5) is 10.7 Å². The topological polar surface area (TPSA) is 125 Å². The van der Waals surface area contributed by atoms with Gasteiger partial charge >= 0.3 is 6.09 Å². The van der Waals surface area contributed by atoms with Crippen LogP contribution in [-0.4, -0.2) is 72.3 Å². The van der Waals surface area contributed by atoms with Gasteiger partial charge in [-0.05, 0) is 45.7 Å². The van der Waals surface area contributed by atoms with E-state index < -0.39 is 27.0 Å². The summed E-state index contributed by atoms with van der Waals surface area (Å²) in [7, 11) is -0.958. The molecule has 206 valence electrons. The third kappa shape index (κ3) is 5.85. The van der Waals surface area contributed by atoms with Crippen LogP contribution in [0.3, 0.4) is 0 Å². The molecule has 38 heavy (non-hydrogen) atoms. The molecule has 1 N–H and O–H groups in total. The molecule has 2 aromatic carbocycles. The molecule has 1 atom stereocenters. The van der Waals surface area contributed by atoms with Crippen molar-refractivity contribution in [1.82, 2.24) is 19.7 Å². The highest BCUT2D eigenvalue weighted by Gasteiger charge is 2.36. The number of nitrogens with one attached hydrogen (secondary N) is 1. The Kier molecular flexibility index (Phi) is 7.81.